The highest BCUT2D eigenvalue weighted by atomic mass is 35.5. The number of esters is 1. The van der Waals surface area contributed by atoms with Crippen molar-refractivity contribution in [3.63, 3.8) is 0 Å². The van der Waals surface area contributed by atoms with Crippen molar-refractivity contribution in [2.45, 2.75) is 31.2 Å². The summed E-state index contributed by atoms with van der Waals surface area (Å²) in [6.45, 7) is 0.293. The third-order valence-corrected chi connectivity index (χ3v) is 5.75. The number of ether oxygens (including phenoxy) is 1. The molecule has 1 aromatic carbocycles. The van der Waals surface area contributed by atoms with Crippen molar-refractivity contribution in [2.75, 3.05) is 6.61 Å². The van der Waals surface area contributed by atoms with E-state index in [0.29, 0.717) is 22.6 Å². The number of fused-ring (bicyclic) bond motifs is 1. The van der Waals surface area contributed by atoms with Gasteiger partial charge in [0.05, 0.1) is 18.3 Å². The molecule has 29 heavy (non-hydrogen) atoms. The Hall–Kier alpha value is -2.87. The van der Waals surface area contributed by atoms with Crippen LogP contribution in [0.25, 0.3) is 11.2 Å². The molecule has 0 radical (unpaired) electrons. The molecule has 0 unspecified atom stereocenters. The second-order valence-corrected chi connectivity index (χ2v) is 7.84. The van der Waals surface area contributed by atoms with Gasteiger partial charge < -0.3 is 9.30 Å². The van der Waals surface area contributed by atoms with Gasteiger partial charge in [-0.1, -0.05) is 23.7 Å². The number of hydrogen-bond acceptors (Lipinski definition) is 5. The van der Waals surface area contributed by atoms with Crippen LogP contribution in [0.3, 0.4) is 0 Å². The van der Waals surface area contributed by atoms with Gasteiger partial charge in [0.25, 0.3) is 5.56 Å². The number of hydrogen-bond donors (Lipinski definition) is 0. The quantitative estimate of drug-likeness (QED) is 0.451. The third kappa shape index (κ3) is 3.27. The molecule has 1 aliphatic rings. The number of rotatable bonds is 6. The van der Waals surface area contributed by atoms with Crippen molar-refractivity contribution in [3.8, 4) is 0 Å². The summed E-state index contributed by atoms with van der Waals surface area (Å²) in [5.74, 6) is -0.276. The lowest BCUT2D eigenvalue weighted by Gasteiger charge is -2.15. The normalized spacial score (nSPS) is 14.9. The highest BCUT2D eigenvalue weighted by Crippen LogP contribution is 2.49. The van der Waals surface area contributed by atoms with Crippen LogP contribution in [0, 0.1) is 0 Å². The van der Waals surface area contributed by atoms with Gasteiger partial charge in [-0.15, -0.1) is 0 Å². The van der Waals surface area contributed by atoms with E-state index in [1.807, 2.05) is 12.1 Å². The van der Waals surface area contributed by atoms with Crippen LogP contribution in [-0.4, -0.2) is 31.3 Å². The summed E-state index contributed by atoms with van der Waals surface area (Å²) in [4.78, 5) is 41.8. The number of halogens is 1. The van der Waals surface area contributed by atoms with Gasteiger partial charge in [-0.3, -0.25) is 18.7 Å². The average Bonchev–Trinajstić information content (AvgIpc) is 3.42. The van der Waals surface area contributed by atoms with Crippen molar-refractivity contribution >= 4 is 28.7 Å². The Balaban J connectivity index is 1.43. The van der Waals surface area contributed by atoms with Gasteiger partial charge in [-0.2, -0.15) is 0 Å². The maximum atomic E-state index is 12.7. The van der Waals surface area contributed by atoms with Gasteiger partial charge >= 0.3 is 11.7 Å². The van der Waals surface area contributed by atoms with Crippen molar-refractivity contribution in [1.82, 2.24) is 18.7 Å². The first-order chi connectivity index (χ1) is 13.8. The molecule has 3 aromatic rings. The molecule has 4 rings (SSSR count). The SMILES string of the molecule is Cn1cnc2c1c(=O)n(CCCOC(=O)C1(c3ccc(Cl)cc3)CC1)c(=O)n2C. The first-order valence-electron chi connectivity index (χ1n) is 9.39. The zero-order valence-electron chi connectivity index (χ0n) is 16.2. The number of benzene rings is 1. The van der Waals surface area contributed by atoms with Gasteiger partial charge in [0, 0.05) is 25.7 Å². The van der Waals surface area contributed by atoms with E-state index < -0.39 is 16.7 Å². The Bertz CT molecular complexity index is 1200. The standard InChI is InChI=1S/C20H21ClN4O4/c1-23-12-22-16-15(23)17(26)25(19(28)24(16)2)10-3-11-29-18(27)20(8-9-20)13-4-6-14(21)7-5-13/h4-7,12H,3,8-11H2,1-2H3. The molecule has 0 atom stereocenters. The fourth-order valence-electron chi connectivity index (χ4n) is 3.62. The Labute approximate surface area is 171 Å². The Morgan fingerprint density at radius 3 is 2.55 bits per heavy atom. The molecule has 1 aliphatic carbocycles. The minimum Gasteiger partial charge on any atom is -0.465 e. The van der Waals surface area contributed by atoms with Crippen LogP contribution in [-0.2, 0) is 35.6 Å². The molecule has 0 spiro atoms. The lowest BCUT2D eigenvalue weighted by Crippen LogP contribution is -2.39. The Morgan fingerprint density at radius 1 is 1.21 bits per heavy atom. The first kappa shape index (κ1) is 19.4. The average molecular weight is 417 g/mol. The molecule has 0 bridgehead atoms. The van der Waals surface area contributed by atoms with E-state index in [0.717, 1.165) is 23.0 Å². The van der Waals surface area contributed by atoms with E-state index in [-0.39, 0.29) is 19.1 Å². The van der Waals surface area contributed by atoms with E-state index in [9.17, 15) is 14.4 Å². The van der Waals surface area contributed by atoms with Crippen LogP contribution in [0.5, 0.6) is 0 Å². The summed E-state index contributed by atoms with van der Waals surface area (Å²) in [6.07, 6.45) is 3.35. The maximum absolute atomic E-state index is 12.7. The summed E-state index contributed by atoms with van der Waals surface area (Å²) in [7, 11) is 3.29. The monoisotopic (exact) mass is 416 g/mol. The van der Waals surface area contributed by atoms with Crippen molar-refractivity contribution in [2.24, 2.45) is 14.1 Å². The van der Waals surface area contributed by atoms with Gasteiger partial charge in [0.1, 0.15) is 0 Å². The van der Waals surface area contributed by atoms with Crippen LogP contribution in [0.1, 0.15) is 24.8 Å². The zero-order valence-corrected chi connectivity index (χ0v) is 17.0. The van der Waals surface area contributed by atoms with E-state index >= 15 is 0 Å². The fourth-order valence-corrected chi connectivity index (χ4v) is 3.75. The summed E-state index contributed by atoms with van der Waals surface area (Å²) in [5, 5.41) is 0.621. The van der Waals surface area contributed by atoms with Gasteiger partial charge in [0.2, 0.25) is 0 Å². The van der Waals surface area contributed by atoms with Crippen LogP contribution >= 0.6 is 11.6 Å². The lowest BCUT2D eigenvalue weighted by atomic mass is 9.96. The van der Waals surface area contributed by atoms with Crippen LogP contribution in [0.15, 0.2) is 40.2 Å². The lowest BCUT2D eigenvalue weighted by molar-refractivity contribution is -0.147. The highest BCUT2D eigenvalue weighted by Gasteiger charge is 2.52. The largest absolute Gasteiger partial charge is 0.465 e. The van der Waals surface area contributed by atoms with Gasteiger partial charge in [-0.05, 0) is 37.0 Å². The summed E-state index contributed by atoms with van der Waals surface area (Å²) >= 11 is 5.92. The molecule has 0 N–H and O–H groups in total. The molecule has 1 fully saturated rings. The molecule has 0 amide bonds. The molecule has 1 saturated carbocycles. The minimum atomic E-state index is -0.592. The van der Waals surface area contributed by atoms with Crippen LogP contribution < -0.4 is 11.2 Å². The number of carbonyl (C=O) groups is 1. The molecule has 8 nitrogen and oxygen atoms in total. The minimum absolute atomic E-state index is 0.132. The van der Waals surface area contributed by atoms with Crippen molar-refractivity contribution < 1.29 is 9.53 Å². The summed E-state index contributed by atoms with van der Waals surface area (Å²) < 4.78 is 9.57. The Morgan fingerprint density at radius 2 is 1.90 bits per heavy atom. The third-order valence-electron chi connectivity index (χ3n) is 5.50. The maximum Gasteiger partial charge on any atom is 0.332 e. The molecule has 2 aromatic heterocycles. The molecule has 152 valence electrons. The topological polar surface area (TPSA) is 88.1 Å². The number of carbonyl (C=O) groups excluding carboxylic acids is 1. The molecule has 2 heterocycles. The number of imidazole rings is 1. The number of aromatic nitrogens is 4. The van der Waals surface area contributed by atoms with E-state index in [1.54, 1.807) is 30.8 Å². The predicted octanol–water partition coefficient (Wildman–Crippen LogP) is 1.75. The summed E-state index contributed by atoms with van der Waals surface area (Å²) in [5.41, 5.74) is 0.193. The summed E-state index contributed by atoms with van der Waals surface area (Å²) in [6, 6.07) is 7.23. The molecule has 0 aliphatic heterocycles. The van der Waals surface area contributed by atoms with Crippen LogP contribution in [0.4, 0.5) is 0 Å². The number of nitrogens with zero attached hydrogens (tertiary/aromatic N) is 4. The highest BCUT2D eigenvalue weighted by molar-refractivity contribution is 6.30. The molecular weight excluding hydrogens is 396 g/mol. The number of aryl methyl sites for hydroxylation is 2. The first-order valence-corrected chi connectivity index (χ1v) is 9.77. The second-order valence-electron chi connectivity index (χ2n) is 7.40. The second kappa shape index (κ2) is 7.18. The molecule has 9 heteroatoms. The Kier molecular flexibility index (Phi) is 4.82. The van der Waals surface area contributed by atoms with Gasteiger partial charge in [-0.25, -0.2) is 9.78 Å². The van der Waals surface area contributed by atoms with Crippen molar-refractivity contribution in [1.29, 1.82) is 0 Å². The van der Waals surface area contributed by atoms with Gasteiger partial charge in [0.15, 0.2) is 11.2 Å². The molecular formula is C20H21ClN4O4. The molecule has 0 saturated heterocycles. The zero-order chi connectivity index (χ0) is 20.8. The predicted molar refractivity (Wildman–Crippen MR) is 108 cm³/mol. The fraction of sp³-hybridized carbons (Fsp3) is 0.400. The van der Waals surface area contributed by atoms with E-state index in [1.165, 1.54) is 10.9 Å². The van der Waals surface area contributed by atoms with Crippen LogP contribution in [0.2, 0.25) is 5.02 Å². The van der Waals surface area contributed by atoms with Crippen molar-refractivity contribution in [3.05, 3.63) is 62.0 Å². The van der Waals surface area contributed by atoms with E-state index in [4.69, 9.17) is 16.3 Å². The van der Waals surface area contributed by atoms with E-state index in [2.05, 4.69) is 4.98 Å². The smallest absolute Gasteiger partial charge is 0.332 e.